The zero-order valence-electron chi connectivity index (χ0n) is 12.8. The van der Waals surface area contributed by atoms with Crippen molar-refractivity contribution in [3.05, 3.63) is 16.0 Å². The Morgan fingerprint density at radius 2 is 1.81 bits per heavy atom. The second-order valence-corrected chi connectivity index (χ2v) is 7.57. The first-order chi connectivity index (χ1) is 9.78. The summed E-state index contributed by atoms with van der Waals surface area (Å²) in [6, 6.07) is -0.304. The van der Waals surface area contributed by atoms with E-state index in [1.54, 1.807) is 0 Å². The van der Waals surface area contributed by atoms with E-state index in [-0.39, 0.29) is 11.6 Å². The van der Waals surface area contributed by atoms with Crippen molar-refractivity contribution in [3.63, 3.8) is 0 Å². The van der Waals surface area contributed by atoms with Crippen LogP contribution in [0.25, 0.3) is 0 Å². The molecular formula is C15H23N3O2S. The average Bonchev–Trinajstić information content (AvgIpc) is 2.50. The van der Waals surface area contributed by atoms with Gasteiger partial charge in [0.15, 0.2) is 0 Å². The highest BCUT2D eigenvalue weighted by atomic mass is 32.1. The van der Waals surface area contributed by atoms with E-state index in [4.69, 9.17) is 5.73 Å². The fraction of sp³-hybridized carbons (Fsp3) is 0.600. The molecule has 0 atom stereocenters. The number of aryl methyl sites for hydroxylation is 1. The molecular weight excluding hydrogens is 286 g/mol. The van der Waals surface area contributed by atoms with Crippen molar-refractivity contribution < 1.29 is 9.59 Å². The predicted octanol–water partition coefficient (Wildman–Crippen LogP) is 3.04. The fourth-order valence-corrected chi connectivity index (χ4v) is 3.86. The standard InChI is InChI=1S/C15H23N3O2S/c1-15(2,3)18-14(20)17-13-11(12(16)19)9-7-5-4-6-8-10(9)21-13/h4-8H2,1-3H3,(H2,16,19)(H2,17,18,20). The van der Waals surface area contributed by atoms with Gasteiger partial charge >= 0.3 is 6.03 Å². The predicted molar refractivity (Wildman–Crippen MR) is 86.0 cm³/mol. The molecule has 0 bridgehead atoms. The molecule has 0 fully saturated rings. The molecule has 1 aliphatic rings. The van der Waals surface area contributed by atoms with E-state index < -0.39 is 5.91 Å². The molecule has 1 aliphatic carbocycles. The maximum Gasteiger partial charge on any atom is 0.320 e. The summed E-state index contributed by atoms with van der Waals surface area (Å²) < 4.78 is 0. The van der Waals surface area contributed by atoms with Crippen LogP contribution >= 0.6 is 11.3 Å². The minimum absolute atomic E-state index is 0.304. The maximum atomic E-state index is 12.0. The highest BCUT2D eigenvalue weighted by molar-refractivity contribution is 7.17. The van der Waals surface area contributed by atoms with Crippen LogP contribution in [0.5, 0.6) is 0 Å². The summed E-state index contributed by atoms with van der Waals surface area (Å²) in [5, 5.41) is 6.20. The van der Waals surface area contributed by atoms with Crippen LogP contribution in [-0.4, -0.2) is 17.5 Å². The Labute approximate surface area is 129 Å². The van der Waals surface area contributed by atoms with E-state index in [1.165, 1.54) is 22.6 Å². The van der Waals surface area contributed by atoms with Gasteiger partial charge in [-0.3, -0.25) is 10.1 Å². The number of nitrogens with two attached hydrogens (primary N) is 1. The van der Waals surface area contributed by atoms with Crippen molar-refractivity contribution >= 4 is 28.3 Å². The third kappa shape index (κ3) is 3.97. The molecule has 0 unspecified atom stereocenters. The lowest BCUT2D eigenvalue weighted by atomic mass is 10.1. The average molecular weight is 309 g/mol. The molecule has 0 aromatic carbocycles. The van der Waals surface area contributed by atoms with Crippen molar-refractivity contribution in [3.8, 4) is 0 Å². The van der Waals surface area contributed by atoms with E-state index >= 15 is 0 Å². The number of amides is 3. The van der Waals surface area contributed by atoms with Crippen molar-refractivity contribution in [2.75, 3.05) is 5.32 Å². The molecule has 116 valence electrons. The van der Waals surface area contributed by atoms with Gasteiger partial charge in [-0.2, -0.15) is 0 Å². The van der Waals surface area contributed by atoms with Crippen LogP contribution in [0.2, 0.25) is 0 Å². The smallest absolute Gasteiger partial charge is 0.320 e. The van der Waals surface area contributed by atoms with E-state index in [2.05, 4.69) is 10.6 Å². The Bertz CT molecular complexity index is 558. The van der Waals surface area contributed by atoms with E-state index in [1.807, 2.05) is 20.8 Å². The minimum Gasteiger partial charge on any atom is -0.365 e. The van der Waals surface area contributed by atoms with Gasteiger partial charge in [0.1, 0.15) is 5.00 Å². The summed E-state index contributed by atoms with van der Waals surface area (Å²) in [5.74, 6) is -0.458. The summed E-state index contributed by atoms with van der Waals surface area (Å²) in [4.78, 5) is 25.0. The van der Waals surface area contributed by atoms with Crippen LogP contribution in [0, 0.1) is 0 Å². The van der Waals surface area contributed by atoms with Crippen LogP contribution < -0.4 is 16.4 Å². The Morgan fingerprint density at radius 1 is 1.14 bits per heavy atom. The van der Waals surface area contributed by atoms with Crippen LogP contribution in [-0.2, 0) is 12.8 Å². The number of rotatable bonds is 2. The van der Waals surface area contributed by atoms with Gasteiger partial charge in [-0.15, -0.1) is 11.3 Å². The summed E-state index contributed by atoms with van der Waals surface area (Å²) in [6.45, 7) is 5.72. The van der Waals surface area contributed by atoms with Crippen LogP contribution in [0.1, 0.15) is 60.8 Å². The Hall–Kier alpha value is -1.56. The summed E-state index contributed by atoms with van der Waals surface area (Å²) in [6.07, 6.45) is 5.19. The second-order valence-electron chi connectivity index (χ2n) is 6.46. The summed E-state index contributed by atoms with van der Waals surface area (Å²) >= 11 is 1.49. The molecule has 1 aromatic heterocycles. The van der Waals surface area contributed by atoms with Gasteiger partial charge in [0.05, 0.1) is 5.56 Å². The number of hydrogen-bond acceptors (Lipinski definition) is 3. The molecule has 0 aliphatic heterocycles. The third-order valence-electron chi connectivity index (χ3n) is 3.38. The Morgan fingerprint density at radius 3 is 2.43 bits per heavy atom. The number of carbonyl (C=O) groups excluding carboxylic acids is 2. The Balaban J connectivity index is 2.27. The molecule has 4 N–H and O–H groups in total. The topological polar surface area (TPSA) is 84.2 Å². The van der Waals surface area contributed by atoms with Gasteiger partial charge in [-0.05, 0) is 52.0 Å². The lowest BCUT2D eigenvalue weighted by Gasteiger charge is -2.20. The number of anilines is 1. The number of hydrogen-bond donors (Lipinski definition) is 3. The van der Waals surface area contributed by atoms with E-state index in [9.17, 15) is 9.59 Å². The molecule has 21 heavy (non-hydrogen) atoms. The van der Waals surface area contributed by atoms with Crippen molar-refractivity contribution in [1.29, 1.82) is 0 Å². The zero-order valence-corrected chi connectivity index (χ0v) is 13.7. The number of urea groups is 1. The summed E-state index contributed by atoms with van der Waals surface area (Å²) in [7, 11) is 0. The first-order valence-corrected chi connectivity index (χ1v) is 8.13. The Kier molecular flexibility index (Phi) is 4.56. The first-order valence-electron chi connectivity index (χ1n) is 7.31. The van der Waals surface area contributed by atoms with Gasteiger partial charge in [0, 0.05) is 10.4 Å². The van der Waals surface area contributed by atoms with E-state index in [0.717, 1.165) is 31.2 Å². The maximum absolute atomic E-state index is 12.0. The number of primary amides is 1. The molecule has 1 aromatic rings. The lowest BCUT2D eigenvalue weighted by Crippen LogP contribution is -2.43. The van der Waals surface area contributed by atoms with Crippen LogP contribution in [0.4, 0.5) is 9.80 Å². The van der Waals surface area contributed by atoms with Gasteiger partial charge in [-0.1, -0.05) is 6.42 Å². The van der Waals surface area contributed by atoms with E-state index in [0.29, 0.717) is 10.6 Å². The van der Waals surface area contributed by atoms with Gasteiger partial charge < -0.3 is 11.1 Å². The zero-order chi connectivity index (χ0) is 15.6. The molecule has 3 amide bonds. The largest absolute Gasteiger partial charge is 0.365 e. The number of nitrogens with one attached hydrogen (secondary N) is 2. The fourth-order valence-electron chi connectivity index (χ4n) is 2.57. The normalized spacial score (nSPS) is 15.0. The first kappa shape index (κ1) is 15.8. The minimum atomic E-state index is -0.458. The number of carbonyl (C=O) groups is 2. The molecule has 0 spiro atoms. The van der Waals surface area contributed by atoms with Crippen LogP contribution in [0.3, 0.4) is 0 Å². The highest BCUT2D eigenvalue weighted by Gasteiger charge is 2.25. The SMILES string of the molecule is CC(C)(C)NC(=O)Nc1sc2c(c1C(N)=O)CCCCC2. The van der Waals surface area contributed by atoms with Gasteiger partial charge in [0.25, 0.3) is 5.91 Å². The number of fused-ring (bicyclic) bond motifs is 1. The quantitative estimate of drug-likeness (QED) is 0.734. The molecule has 1 heterocycles. The second kappa shape index (κ2) is 6.05. The van der Waals surface area contributed by atoms with Crippen molar-refractivity contribution in [1.82, 2.24) is 5.32 Å². The molecule has 0 radical (unpaired) electrons. The van der Waals surface area contributed by atoms with Crippen LogP contribution in [0.15, 0.2) is 0 Å². The third-order valence-corrected chi connectivity index (χ3v) is 4.59. The molecule has 6 heteroatoms. The van der Waals surface area contributed by atoms with Crippen molar-refractivity contribution in [2.24, 2.45) is 5.73 Å². The number of thiophene rings is 1. The molecule has 0 saturated carbocycles. The lowest BCUT2D eigenvalue weighted by molar-refractivity contribution is 0.100. The highest BCUT2D eigenvalue weighted by Crippen LogP contribution is 2.37. The van der Waals surface area contributed by atoms with Gasteiger partial charge in [-0.25, -0.2) is 4.79 Å². The molecule has 0 saturated heterocycles. The molecule has 2 rings (SSSR count). The molecule has 5 nitrogen and oxygen atoms in total. The monoisotopic (exact) mass is 309 g/mol. The van der Waals surface area contributed by atoms with Gasteiger partial charge in [0.2, 0.25) is 0 Å². The summed E-state index contributed by atoms with van der Waals surface area (Å²) in [5.41, 5.74) is 6.74. The van der Waals surface area contributed by atoms with Crippen molar-refractivity contribution in [2.45, 2.75) is 58.4 Å².